The minimum absolute atomic E-state index is 0. The van der Waals surface area contributed by atoms with Crippen LogP contribution >= 0.6 is 35.3 Å². The lowest BCUT2D eigenvalue weighted by Gasteiger charge is -2.18. The number of unbranched alkanes of at least 4 members (excludes halogenated alkanes) is 1. The predicted molar refractivity (Wildman–Crippen MR) is 117 cm³/mol. The highest BCUT2D eigenvalue weighted by atomic mass is 127. The van der Waals surface area contributed by atoms with Crippen molar-refractivity contribution in [3.05, 3.63) is 15.6 Å². The second-order valence-corrected chi connectivity index (χ2v) is 6.95. The fourth-order valence-corrected chi connectivity index (χ4v) is 3.30. The Balaban J connectivity index is 0.00000529. The van der Waals surface area contributed by atoms with Gasteiger partial charge in [-0.2, -0.15) is 0 Å². The molecule has 0 unspecified atom stereocenters. The highest BCUT2D eigenvalue weighted by Gasteiger charge is 2.04. The number of aryl methyl sites for hydroxylation is 2. The summed E-state index contributed by atoms with van der Waals surface area (Å²) in [4.78, 5) is 12.6. The molecule has 0 spiro atoms. The lowest BCUT2D eigenvalue weighted by atomic mass is 10.3. The summed E-state index contributed by atoms with van der Waals surface area (Å²) < 4.78 is 0. The lowest BCUT2D eigenvalue weighted by molar-refractivity contribution is 0.297. The van der Waals surface area contributed by atoms with Gasteiger partial charge in [0.25, 0.3) is 0 Å². The van der Waals surface area contributed by atoms with Crippen LogP contribution in [0.4, 0.5) is 0 Å². The first kappa shape index (κ1) is 23.6. The largest absolute Gasteiger partial charge is 0.356 e. The van der Waals surface area contributed by atoms with Gasteiger partial charge in [-0.3, -0.25) is 4.99 Å². The van der Waals surface area contributed by atoms with Gasteiger partial charge in [-0.05, 0) is 46.3 Å². The first-order valence-corrected chi connectivity index (χ1v) is 9.52. The van der Waals surface area contributed by atoms with E-state index in [0.717, 1.165) is 44.3 Å². The van der Waals surface area contributed by atoms with E-state index < -0.39 is 0 Å². The zero-order valence-corrected chi connectivity index (χ0v) is 19.0. The quantitative estimate of drug-likeness (QED) is 0.240. The minimum Gasteiger partial charge on any atom is -0.356 e. The Hall–Kier alpha value is -0.410. The van der Waals surface area contributed by atoms with Crippen LogP contribution in [0.3, 0.4) is 0 Å². The van der Waals surface area contributed by atoms with Crippen LogP contribution in [0.15, 0.2) is 4.99 Å². The summed E-state index contributed by atoms with van der Waals surface area (Å²) in [5, 5.41) is 7.95. The second-order valence-electron chi connectivity index (χ2n) is 5.66. The second kappa shape index (κ2) is 13.8. The molecule has 0 radical (unpaired) electrons. The first-order chi connectivity index (χ1) is 11.1. The smallest absolute Gasteiger partial charge is 0.190 e. The maximum absolute atomic E-state index is 4.57. The number of hydrogen-bond acceptors (Lipinski definition) is 4. The molecule has 0 bridgehead atoms. The van der Waals surface area contributed by atoms with E-state index in [4.69, 9.17) is 0 Å². The number of guanidine groups is 1. The van der Waals surface area contributed by atoms with Crippen LogP contribution in [0, 0.1) is 13.8 Å². The lowest BCUT2D eigenvalue weighted by Crippen LogP contribution is -2.38. The molecule has 0 saturated carbocycles. The van der Waals surface area contributed by atoms with Crippen molar-refractivity contribution in [1.82, 2.24) is 20.5 Å². The van der Waals surface area contributed by atoms with E-state index in [9.17, 15) is 0 Å². The van der Waals surface area contributed by atoms with Crippen LogP contribution < -0.4 is 10.6 Å². The Kier molecular flexibility index (Phi) is 13.6. The molecule has 2 N–H and O–H groups in total. The van der Waals surface area contributed by atoms with E-state index in [1.54, 1.807) is 11.3 Å². The molecule has 140 valence electrons. The highest BCUT2D eigenvalue weighted by Crippen LogP contribution is 2.16. The van der Waals surface area contributed by atoms with E-state index in [-0.39, 0.29) is 24.0 Å². The summed E-state index contributed by atoms with van der Waals surface area (Å²) in [6.07, 6.45) is 3.34. The van der Waals surface area contributed by atoms with Gasteiger partial charge in [0.2, 0.25) is 0 Å². The van der Waals surface area contributed by atoms with E-state index in [1.807, 2.05) is 7.05 Å². The average molecular weight is 467 g/mol. The molecule has 24 heavy (non-hydrogen) atoms. The number of aliphatic imine (C=N–C) groups is 1. The van der Waals surface area contributed by atoms with Crippen LogP contribution in [-0.2, 0) is 6.42 Å². The van der Waals surface area contributed by atoms with Crippen LogP contribution in [-0.4, -0.2) is 55.6 Å². The topological polar surface area (TPSA) is 52.5 Å². The highest BCUT2D eigenvalue weighted by molar-refractivity contribution is 14.0. The monoisotopic (exact) mass is 467 g/mol. The third kappa shape index (κ3) is 9.17. The zero-order valence-electron chi connectivity index (χ0n) is 15.8. The molecular weight excluding hydrogens is 433 g/mol. The van der Waals surface area contributed by atoms with Crippen LogP contribution in [0.5, 0.6) is 0 Å². The van der Waals surface area contributed by atoms with E-state index in [2.05, 4.69) is 53.2 Å². The zero-order chi connectivity index (χ0) is 17.1. The van der Waals surface area contributed by atoms with E-state index >= 15 is 0 Å². The summed E-state index contributed by atoms with van der Waals surface area (Å²) in [6, 6.07) is 0. The molecule has 0 aliphatic carbocycles. The molecular formula is C17H34IN5S. The van der Waals surface area contributed by atoms with Crippen molar-refractivity contribution < 1.29 is 0 Å². The normalized spacial score (nSPS) is 11.5. The summed E-state index contributed by atoms with van der Waals surface area (Å²) in [5.41, 5.74) is 1.15. The maximum atomic E-state index is 4.57. The average Bonchev–Trinajstić information content (AvgIpc) is 2.87. The Morgan fingerprint density at radius 1 is 1.12 bits per heavy atom. The number of halogens is 1. The van der Waals surface area contributed by atoms with Crippen molar-refractivity contribution in [2.75, 3.05) is 39.8 Å². The fourth-order valence-electron chi connectivity index (χ4n) is 2.36. The fraction of sp³-hybridized carbons (Fsp3) is 0.765. The molecule has 0 saturated heterocycles. The Labute approximate surface area is 168 Å². The SMILES string of the molecule is CCN(CC)CCCCNC(=NC)NCCc1nc(C)c(C)s1.I. The van der Waals surface area contributed by atoms with Crippen molar-refractivity contribution in [2.45, 2.75) is 47.0 Å². The third-order valence-electron chi connectivity index (χ3n) is 4.02. The van der Waals surface area contributed by atoms with Gasteiger partial charge >= 0.3 is 0 Å². The number of nitrogens with one attached hydrogen (secondary N) is 2. The number of aromatic nitrogens is 1. The van der Waals surface area contributed by atoms with Crippen LogP contribution in [0.1, 0.15) is 42.3 Å². The molecule has 1 rings (SSSR count). The Bertz CT molecular complexity index is 452. The number of nitrogens with zero attached hydrogens (tertiary/aromatic N) is 3. The molecule has 0 aliphatic heterocycles. The molecule has 0 atom stereocenters. The number of hydrogen-bond donors (Lipinski definition) is 2. The standard InChI is InChI=1S/C17H33N5S.HI/c1-6-22(7-2)13-9-8-11-19-17(18-5)20-12-10-16-21-14(3)15(4)23-16;/h6-13H2,1-5H3,(H2,18,19,20);1H. The van der Waals surface area contributed by atoms with Gasteiger partial charge < -0.3 is 15.5 Å². The molecule has 7 heteroatoms. The number of rotatable bonds is 10. The van der Waals surface area contributed by atoms with Crippen molar-refractivity contribution in [3.63, 3.8) is 0 Å². The van der Waals surface area contributed by atoms with Gasteiger partial charge in [-0.25, -0.2) is 4.98 Å². The summed E-state index contributed by atoms with van der Waals surface area (Å²) in [6.45, 7) is 13.9. The molecule has 0 fully saturated rings. The summed E-state index contributed by atoms with van der Waals surface area (Å²) in [7, 11) is 1.82. The molecule has 5 nitrogen and oxygen atoms in total. The molecule has 1 aromatic rings. The van der Waals surface area contributed by atoms with Gasteiger partial charge in [0, 0.05) is 31.4 Å². The van der Waals surface area contributed by atoms with Crippen molar-refractivity contribution in [1.29, 1.82) is 0 Å². The number of thiazole rings is 1. The maximum Gasteiger partial charge on any atom is 0.190 e. The Morgan fingerprint density at radius 2 is 1.79 bits per heavy atom. The summed E-state index contributed by atoms with van der Waals surface area (Å²) in [5.74, 6) is 0.887. The van der Waals surface area contributed by atoms with Gasteiger partial charge in [-0.1, -0.05) is 13.8 Å². The molecule has 1 heterocycles. The Morgan fingerprint density at radius 3 is 2.33 bits per heavy atom. The van der Waals surface area contributed by atoms with Crippen LogP contribution in [0.25, 0.3) is 0 Å². The molecule has 0 aliphatic rings. The summed E-state index contributed by atoms with van der Waals surface area (Å²) >= 11 is 1.79. The first-order valence-electron chi connectivity index (χ1n) is 8.70. The van der Waals surface area contributed by atoms with Gasteiger partial charge in [-0.15, -0.1) is 35.3 Å². The predicted octanol–water partition coefficient (Wildman–Crippen LogP) is 3.21. The van der Waals surface area contributed by atoms with Gasteiger partial charge in [0.1, 0.15) is 0 Å². The molecule has 0 aromatic carbocycles. The molecule has 0 amide bonds. The third-order valence-corrected chi connectivity index (χ3v) is 5.15. The van der Waals surface area contributed by atoms with Crippen molar-refractivity contribution in [3.8, 4) is 0 Å². The van der Waals surface area contributed by atoms with Gasteiger partial charge in [0.15, 0.2) is 5.96 Å². The van der Waals surface area contributed by atoms with E-state index in [1.165, 1.54) is 29.3 Å². The van der Waals surface area contributed by atoms with E-state index in [0.29, 0.717) is 0 Å². The molecule has 1 aromatic heterocycles. The minimum atomic E-state index is 0. The van der Waals surface area contributed by atoms with Gasteiger partial charge in [0.05, 0.1) is 10.7 Å². The van der Waals surface area contributed by atoms with Crippen molar-refractivity contribution in [2.24, 2.45) is 4.99 Å². The van der Waals surface area contributed by atoms with Crippen molar-refractivity contribution >= 4 is 41.3 Å². The van der Waals surface area contributed by atoms with Crippen LogP contribution in [0.2, 0.25) is 0 Å².